The zero-order chi connectivity index (χ0) is 16.2. The van der Waals surface area contributed by atoms with E-state index in [1.54, 1.807) is 19.0 Å². The van der Waals surface area contributed by atoms with Gasteiger partial charge in [0.15, 0.2) is 0 Å². The molecule has 0 aromatic heterocycles. The minimum atomic E-state index is -4.46. The average Bonchev–Trinajstić information content (AvgIpc) is 2.37. The van der Waals surface area contributed by atoms with Gasteiger partial charge in [-0.05, 0) is 24.6 Å². The molecular formula is C14H20F3N3O. The van der Waals surface area contributed by atoms with Crippen molar-refractivity contribution in [3.05, 3.63) is 23.8 Å². The van der Waals surface area contributed by atoms with Gasteiger partial charge < -0.3 is 16.0 Å². The number of halogens is 3. The molecule has 0 bridgehead atoms. The number of nitrogens with two attached hydrogens (primary N) is 1. The number of nitrogens with one attached hydrogen (secondary N) is 1. The van der Waals surface area contributed by atoms with E-state index < -0.39 is 23.7 Å². The van der Waals surface area contributed by atoms with Gasteiger partial charge in [0.1, 0.15) is 0 Å². The van der Waals surface area contributed by atoms with Crippen LogP contribution < -0.4 is 16.0 Å². The minimum Gasteiger partial charge on any atom is -0.376 e. The first-order chi connectivity index (χ1) is 9.66. The first kappa shape index (κ1) is 17.3. The zero-order valence-corrected chi connectivity index (χ0v) is 12.3. The van der Waals surface area contributed by atoms with Gasteiger partial charge >= 0.3 is 6.18 Å². The molecule has 1 rings (SSSR count). The van der Waals surface area contributed by atoms with E-state index >= 15 is 0 Å². The van der Waals surface area contributed by atoms with E-state index in [2.05, 4.69) is 5.32 Å². The van der Waals surface area contributed by atoms with Crippen LogP contribution in [-0.4, -0.2) is 26.0 Å². The molecule has 118 valence electrons. The molecule has 0 aliphatic carbocycles. The molecule has 0 aliphatic heterocycles. The van der Waals surface area contributed by atoms with E-state index in [0.717, 1.165) is 18.6 Å². The summed E-state index contributed by atoms with van der Waals surface area (Å²) < 4.78 is 38.3. The van der Waals surface area contributed by atoms with Crippen molar-refractivity contribution in [3.63, 3.8) is 0 Å². The molecule has 0 saturated carbocycles. The Bertz CT molecular complexity index is 501. The molecule has 1 unspecified atom stereocenters. The van der Waals surface area contributed by atoms with Crippen molar-refractivity contribution in [1.82, 2.24) is 0 Å². The fraction of sp³-hybridized carbons (Fsp3) is 0.500. The Hall–Kier alpha value is -1.76. The summed E-state index contributed by atoms with van der Waals surface area (Å²) in [7, 11) is 3.37. The third kappa shape index (κ3) is 4.63. The molecule has 0 saturated heterocycles. The van der Waals surface area contributed by atoms with Gasteiger partial charge in [0.2, 0.25) is 5.91 Å². The molecule has 21 heavy (non-hydrogen) atoms. The second-order valence-electron chi connectivity index (χ2n) is 5.01. The van der Waals surface area contributed by atoms with Gasteiger partial charge in [-0.2, -0.15) is 13.2 Å². The third-order valence-electron chi connectivity index (χ3n) is 3.00. The summed E-state index contributed by atoms with van der Waals surface area (Å²) in [6, 6.07) is 2.49. The molecule has 0 heterocycles. The summed E-state index contributed by atoms with van der Waals surface area (Å²) in [5.74, 6) is -0.487. The van der Waals surface area contributed by atoms with E-state index in [9.17, 15) is 18.0 Å². The summed E-state index contributed by atoms with van der Waals surface area (Å²) in [5.41, 5.74) is 5.45. The van der Waals surface area contributed by atoms with Gasteiger partial charge in [-0.25, -0.2) is 0 Å². The fourth-order valence-electron chi connectivity index (χ4n) is 1.87. The number of carbonyl (C=O) groups excluding carboxylic acids is 1. The SMILES string of the molecule is CCCC(N)C(=O)Nc1cc(C(F)(F)F)ccc1N(C)C. The lowest BCUT2D eigenvalue weighted by molar-refractivity contribution is -0.137. The van der Waals surface area contributed by atoms with Gasteiger partial charge in [0, 0.05) is 14.1 Å². The molecule has 4 nitrogen and oxygen atoms in total. The van der Waals surface area contributed by atoms with E-state index in [1.165, 1.54) is 6.07 Å². The van der Waals surface area contributed by atoms with Crippen molar-refractivity contribution >= 4 is 17.3 Å². The monoisotopic (exact) mass is 303 g/mol. The molecule has 1 atom stereocenters. The second-order valence-corrected chi connectivity index (χ2v) is 5.01. The normalized spacial score (nSPS) is 12.9. The number of hydrogen-bond acceptors (Lipinski definition) is 3. The highest BCUT2D eigenvalue weighted by atomic mass is 19.4. The van der Waals surface area contributed by atoms with Crippen molar-refractivity contribution in [2.45, 2.75) is 32.0 Å². The van der Waals surface area contributed by atoms with Crippen LogP contribution in [0.25, 0.3) is 0 Å². The topological polar surface area (TPSA) is 58.4 Å². The van der Waals surface area contributed by atoms with Crippen LogP contribution in [-0.2, 0) is 11.0 Å². The number of carbonyl (C=O) groups is 1. The average molecular weight is 303 g/mol. The molecule has 1 aromatic carbocycles. The van der Waals surface area contributed by atoms with Crippen molar-refractivity contribution in [2.24, 2.45) is 5.73 Å². The maximum Gasteiger partial charge on any atom is 0.416 e. The van der Waals surface area contributed by atoms with Gasteiger partial charge in [-0.1, -0.05) is 13.3 Å². The number of anilines is 2. The maximum atomic E-state index is 12.8. The summed E-state index contributed by atoms with van der Waals surface area (Å²) in [6.07, 6.45) is -3.27. The molecule has 1 aromatic rings. The van der Waals surface area contributed by atoms with Crippen molar-refractivity contribution in [1.29, 1.82) is 0 Å². The predicted molar refractivity (Wildman–Crippen MR) is 77.3 cm³/mol. The molecule has 0 fully saturated rings. The molecule has 3 N–H and O–H groups in total. The lowest BCUT2D eigenvalue weighted by Crippen LogP contribution is -2.35. The number of hydrogen-bond donors (Lipinski definition) is 2. The third-order valence-corrected chi connectivity index (χ3v) is 3.00. The predicted octanol–water partition coefficient (Wildman–Crippen LogP) is 2.84. The Morgan fingerprint density at radius 3 is 2.48 bits per heavy atom. The Kier molecular flexibility index (Phi) is 5.60. The Morgan fingerprint density at radius 2 is 2.00 bits per heavy atom. The lowest BCUT2D eigenvalue weighted by Gasteiger charge is -2.21. The highest BCUT2D eigenvalue weighted by molar-refractivity contribution is 5.97. The van der Waals surface area contributed by atoms with Gasteiger partial charge in [0.25, 0.3) is 0 Å². The van der Waals surface area contributed by atoms with Crippen LogP contribution in [0.2, 0.25) is 0 Å². The van der Waals surface area contributed by atoms with E-state index in [1.807, 2.05) is 6.92 Å². The number of nitrogens with zero attached hydrogens (tertiary/aromatic N) is 1. The zero-order valence-electron chi connectivity index (χ0n) is 12.3. The summed E-state index contributed by atoms with van der Waals surface area (Å²) in [4.78, 5) is 13.5. The largest absolute Gasteiger partial charge is 0.416 e. The first-order valence-electron chi connectivity index (χ1n) is 6.61. The number of amides is 1. The molecular weight excluding hydrogens is 283 g/mol. The van der Waals surface area contributed by atoms with Crippen LogP contribution >= 0.6 is 0 Å². The molecule has 7 heteroatoms. The minimum absolute atomic E-state index is 0.103. The number of rotatable bonds is 5. The van der Waals surface area contributed by atoms with Crippen LogP contribution in [0.1, 0.15) is 25.3 Å². The molecule has 0 aliphatic rings. The lowest BCUT2D eigenvalue weighted by atomic mass is 10.1. The summed E-state index contributed by atoms with van der Waals surface area (Å²) >= 11 is 0. The maximum absolute atomic E-state index is 12.8. The standard InChI is InChI=1S/C14H20F3N3O/c1-4-5-10(18)13(21)19-11-8-9(14(15,16)17)6-7-12(11)20(2)3/h6-8,10H,4-5,18H2,1-3H3,(H,19,21). The van der Waals surface area contributed by atoms with Crippen molar-refractivity contribution < 1.29 is 18.0 Å². The number of alkyl halides is 3. The summed E-state index contributed by atoms with van der Waals surface area (Å²) in [5, 5.41) is 2.48. The molecule has 0 radical (unpaired) electrons. The van der Waals surface area contributed by atoms with Crippen LogP contribution in [0, 0.1) is 0 Å². The first-order valence-corrected chi connectivity index (χ1v) is 6.61. The molecule has 0 spiro atoms. The van der Waals surface area contributed by atoms with Crippen LogP contribution in [0.5, 0.6) is 0 Å². The van der Waals surface area contributed by atoms with Gasteiger partial charge in [-0.15, -0.1) is 0 Å². The van der Waals surface area contributed by atoms with Crippen LogP contribution in [0.3, 0.4) is 0 Å². The smallest absolute Gasteiger partial charge is 0.376 e. The highest BCUT2D eigenvalue weighted by Crippen LogP contribution is 2.34. The summed E-state index contributed by atoms with van der Waals surface area (Å²) in [6.45, 7) is 1.88. The highest BCUT2D eigenvalue weighted by Gasteiger charge is 2.31. The van der Waals surface area contributed by atoms with Crippen molar-refractivity contribution in [3.8, 4) is 0 Å². The quantitative estimate of drug-likeness (QED) is 0.879. The van der Waals surface area contributed by atoms with E-state index in [4.69, 9.17) is 5.73 Å². The fourth-order valence-corrected chi connectivity index (χ4v) is 1.87. The Labute approximate surface area is 122 Å². The van der Waals surface area contributed by atoms with Crippen molar-refractivity contribution in [2.75, 3.05) is 24.3 Å². The van der Waals surface area contributed by atoms with Gasteiger partial charge in [-0.3, -0.25) is 4.79 Å². The Morgan fingerprint density at radius 1 is 1.38 bits per heavy atom. The van der Waals surface area contributed by atoms with Crippen LogP contribution in [0.15, 0.2) is 18.2 Å². The van der Waals surface area contributed by atoms with Crippen LogP contribution in [0.4, 0.5) is 24.5 Å². The Balaban J connectivity index is 3.10. The molecule has 1 amide bonds. The van der Waals surface area contributed by atoms with E-state index in [0.29, 0.717) is 12.1 Å². The van der Waals surface area contributed by atoms with E-state index in [-0.39, 0.29) is 5.69 Å². The number of benzene rings is 1. The van der Waals surface area contributed by atoms with Gasteiger partial charge in [0.05, 0.1) is 23.0 Å². The second kappa shape index (κ2) is 6.80.